The fourth-order valence-corrected chi connectivity index (χ4v) is 5.02. The molecule has 4 rings (SSSR count). The van der Waals surface area contributed by atoms with Gasteiger partial charge in [-0.3, -0.25) is 0 Å². The van der Waals surface area contributed by atoms with Crippen molar-refractivity contribution in [2.24, 2.45) is 5.92 Å². The molecule has 10 heteroatoms. The number of rotatable bonds is 7. The number of anilines is 1. The smallest absolute Gasteiger partial charge is 0.241 e. The van der Waals surface area contributed by atoms with Crippen LogP contribution in [0.25, 0.3) is 16.6 Å². The summed E-state index contributed by atoms with van der Waals surface area (Å²) in [4.78, 5) is 8.49. The zero-order valence-electron chi connectivity index (χ0n) is 19.0. The molecule has 1 saturated carbocycles. The first kappa shape index (κ1) is 23.5. The molecule has 1 aliphatic carbocycles. The van der Waals surface area contributed by atoms with Gasteiger partial charge in [-0.05, 0) is 43.9 Å². The van der Waals surface area contributed by atoms with Crippen molar-refractivity contribution >= 4 is 21.3 Å². The molecule has 0 spiro atoms. The first-order valence-electron chi connectivity index (χ1n) is 11.2. The summed E-state index contributed by atoms with van der Waals surface area (Å²) in [6.07, 6.45) is 6.04. The van der Waals surface area contributed by atoms with Crippen LogP contribution in [0, 0.1) is 5.92 Å². The molecule has 1 atom stereocenters. The summed E-state index contributed by atoms with van der Waals surface area (Å²) >= 11 is 0. The normalized spacial score (nSPS) is 20.3. The van der Waals surface area contributed by atoms with Crippen LogP contribution in [-0.2, 0) is 9.84 Å². The van der Waals surface area contributed by atoms with E-state index in [1.807, 2.05) is 4.52 Å². The Kier molecular flexibility index (Phi) is 6.65. The molecule has 0 aliphatic heterocycles. The molecule has 0 radical (unpaired) electrons. The maximum Gasteiger partial charge on any atom is 0.241 e. The molecule has 33 heavy (non-hydrogen) atoms. The quantitative estimate of drug-likeness (QED) is 0.518. The lowest BCUT2D eigenvalue weighted by Crippen LogP contribution is -2.21. The fourth-order valence-electron chi connectivity index (χ4n) is 4.46. The van der Waals surface area contributed by atoms with Gasteiger partial charge in [-0.2, -0.15) is 0 Å². The number of sulfone groups is 1. The molecule has 0 unspecified atom stereocenters. The number of aromatic nitrogens is 4. The molecule has 3 heterocycles. The number of fused-ring (bicyclic) bond motifs is 1. The highest BCUT2D eigenvalue weighted by atomic mass is 32.2. The van der Waals surface area contributed by atoms with Crippen LogP contribution in [0.15, 0.2) is 35.6 Å². The van der Waals surface area contributed by atoms with Crippen LogP contribution in [0.2, 0.25) is 0 Å². The van der Waals surface area contributed by atoms with E-state index in [9.17, 15) is 17.2 Å². The third kappa shape index (κ3) is 5.31. The second-order valence-electron chi connectivity index (χ2n) is 9.15. The van der Waals surface area contributed by atoms with Gasteiger partial charge in [0.2, 0.25) is 12.4 Å². The first-order valence-corrected chi connectivity index (χ1v) is 13.1. The largest absolute Gasteiger partial charge is 0.350 e. The summed E-state index contributed by atoms with van der Waals surface area (Å²) in [6, 6.07) is 4.85. The van der Waals surface area contributed by atoms with Crippen LogP contribution in [0.4, 0.5) is 14.7 Å². The molecule has 7 nitrogen and oxygen atoms in total. The number of hydrogen-bond acceptors (Lipinski definition) is 6. The average molecular weight is 478 g/mol. The Morgan fingerprint density at radius 1 is 1.15 bits per heavy atom. The summed E-state index contributed by atoms with van der Waals surface area (Å²) in [7, 11) is -3.39. The Morgan fingerprint density at radius 3 is 2.48 bits per heavy atom. The summed E-state index contributed by atoms with van der Waals surface area (Å²) in [5.41, 5.74) is 3.45. The second kappa shape index (κ2) is 9.32. The first-order chi connectivity index (χ1) is 15.6. The topological polar surface area (TPSA) is 89.2 Å². The second-order valence-corrected chi connectivity index (χ2v) is 11.1. The monoisotopic (exact) mass is 477 g/mol. The highest BCUT2D eigenvalue weighted by Crippen LogP contribution is 2.39. The molecule has 3 aromatic rings. The van der Waals surface area contributed by atoms with Gasteiger partial charge in [-0.1, -0.05) is 19.8 Å². The van der Waals surface area contributed by atoms with Crippen molar-refractivity contribution in [2.45, 2.75) is 69.4 Å². The van der Waals surface area contributed by atoms with E-state index < -0.39 is 22.3 Å². The molecule has 1 N–H and O–H groups in total. The van der Waals surface area contributed by atoms with Crippen LogP contribution >= 0.6 is 0 Å². The van der Waals surface area contributed by atoms with E-state index in [1.165, 1.54) is 6.07 Å². The van der Waals surface area contributed by atoms with Crippen LogP contribution in [0.5, 0.6) is 0 Å². The number of halogens is 2. The van der Waals surface area contributed by atoms with Gasteiger partial charge < -0.3 is 5.32 Å². The van der Waals surface area contributed by atoms with Gasteiger partial charge in [0.05, 0.1) is 11.7 Å². The lowest BCUT2D eigenvalue weighted by Gasteiger charge is -2.25. The van der Waals surface area contributed by atoms with Crippen LogP contribution < -0.4 is 5.32 Å². The summed E-state index contributed by atoms with van der Waals surface area (Å²) in [5, 5.41) is 7.65. The molecule has 0 aromatic carbocycles. The average Bonchev–Trinajstić information content (AvgIpc) is 3.12. The lowest BCUT2D eigenvalue weighted by atomic mass is 9.81. The van der Waals surface area contributed by atoms with E-state index in [2.05, 4.69) is 33.4 Å². The van der Waals surface area contributed by atoms with E-state index in [0.717, 1.165) is 54.3 Å². The number of nitrogens with one attached hydrogen (secondary N) is 1. The van der Waals surface area contributed by atoms with Gasteiger partial charge in [-0.25, -0.2) is 31.7 Å². The van der Waals surface area contributed by atoms with Gasteiger partial charge in [-0.15, -0.1) is 5.10 Å². The molecule has 1 aliphatic rings. The molecular formula is C23H29F2N5O2S. The van der Waals surface area contributed by atoms with E-state index >= 15 is 0 Å². The Balaban J connectivity index is 1.75. The van der Waals surface area contributed by atoms with Crippen molar-refractivity contribution in [3.8, 4) is 11.1 Å². The Hall–Kier alpha value is -2.62. The van der Waals surface area contributed by atoms with Crippen molar-refractivity contribution in [3.05, 3.63) is 36.3 Å². The number of nitrogens with zero attached hydrogens (tertiary/aromatic N) is 4. The summed E-state index contributed by atoms with van der Waals surface area (Å²) in [6.45, 7) is 3.95. The van der Waals surface area contributed by atoms with Crippen LogP contribution in [-0.4, -0.2) is 46.7 Å². The maximum atomic E-state index is 12.7. The minimum absolute atomic E-state index is 0.0204. The predicted octanol–water partition coefficient (Wildman–Crippen LogP) is 4.94. The highest BCUT2D eigenvalue weighted by Gasteiger charge is 2.25. The molecule has 178 valence electrons. The lowest BCUT2D eigenvalue weighted by molar-refractivity contribution is 0.133. The van der Waals surface area contributed by atoms with Gasteiger partial charge in [0.1, 0.15) is 0 Å². The van der Waals surface area contributed by atoms with Crippen LogP contribution in [0.3, 0.4) is 0 Å². The highest BCUT2D eigenvalue weighted by molar-refractivity contribution is 7.90. The standard InChI is InChI=1S/C23H29F2N5O2S/c1-14-4-6-16(7-5-14)19-11-18(17-8-9-22(26-12-17)33(3,31)32)20-13-27-23(29-30(19)20)28-15(2)10-21(24)25/h8-9,11-16,21H,4-7,10H2,1-3H3,(H,28,29)/t14?,15-,16?/m0/s1. The summed E-state index contributed by atoms with van der Waals surface area (Å²) < 4.78 is 50.9. The third-order valence-electron chi connectivity index (χ3n) is 6.31. The molecule has 0 saturated heterocycles. The zero-order chi connectivity index (χ0) is 23.8. The van der Waals surface area contributed by atoms with Gasteiger partial charge in [0.15, 0.2) is 14.9 Å². The molecule has 1 fully saturated rings. The molecular weight excluding hydrogens is 448 g/mol. The Bertz CT molecular complexity index is 1220. The third-order valence-corrected chi connectivity index (χ3v) is 7.31. The Labute approximate surface area is 192 Å². The number of alkyl halides is 2. The predicted molar refractivity (Wildman–Crippen MR) is 123 cm³/mol. The van der Waals surface area contributed by atoms with E-state index in [0.29, 0.717) is 17.8 Å². The fraction of sp³-hybridized carbons (Fsp3) is 0.522. The Morgan fingerprint density at radius 2 is 1.88 bits per heavy atom. The van der Waals surface area contributed by atoms with Gasteiger partial charge in [0.25, 0.3) is 0 Å². The van der Waals surface area contributed by atoms with Gasteiger partial charge in [0, 0.05) is 47.7 Å². The minimum Gasteiger partial charge on any atom is -0.350 e. The molecule has 0 amide bonds. The zero-order valence-corrected chi connectivity index (χ0v) is 19.8. The number of hydrogen-bond donors (Lipinski definition) is 1. The van der Waals surface area contributed by atoms with Crippen molar-refractivity contribution < 1.29 is 17.2 Å². The van der Waals surface area contributed by atoms with Crippen LogP contribution in [0.1, 0.15) is 57.6 Å². The SMILES string of the molecule is CC1CCC(c2cc(-c3ccc(S(C)(=O)=O)nc3)c3cnc(N[C@@H](C)CC(F)F)nn23)CC1. The van der Waals surface area contributed by atoms with Crippen molar-refractivity contribution in [1.29, 1.82) is 0 Å². The minimum atomic E-state index is -3.39. The van der Waals surface area contributed by atoms with Crippen molar-refractivity contribution in [2.75, 3.05) is 11.6 Å². The molecule has 0 bridgehead atoms. The maximum absolute atomic E-state index is 12.7. The van der Waals surface area contributed by atoms with E-state index in [1.54, 1.807) is 25.4 Å². The van der Waals surface area contributed by atoms with E-state index in [4.69, 9.17) is 0 Å². The van der Waals surface area contributed by atoms with Crippen molar-refractivity contribution in [3.63, 3.8) is 0 Å². The summed E-state index contributed by atoms with van der Waals surface area (Å²) in [5.74, 6) is 1.32. The number of pyridine rings is 1. The van der Waals surface area contributed by atoms with Gasteiger partial charge >= 0.3 is 0 Å². The van der Waals surface area contributed by atoms with Crippen molar-refractivity contribution in [1.82, 2.24) is 19.6 Å². The molecule has 3 aromatic heterocycles. The van der Waals surface area contributed by atoms with E-state index in [-0.39, 0.29) is 11.4 Å².